The summed E-state index contributed by atoms with van der Waals surface area (Å²) in [6.45, 7) is 9.78. The van der Waals surface area contributed by atoms with Crippen molar-refractivity contribution in [3.05, 3.63) is 28.8 Å². The number of hydrogen-bond acceptors (Lipinski definition) is 7. The van der Waals surface area contributed by atoms with Gasteiger partial charge in [0, 0.05) is 44.2 Å². The zero-order chi connectivity index (χ0) is 15.8. The second kappa shape index (κ2) is 6.05. The highest BCUT2D eigenvalue weighted by atomic mass is 16.5. The van der Waals surface area contributed by atoms with Gasteiger partial charge in [-0.2, -0.15) is 0 Å². The van der Waals surface area contributed by atoms with Gasteiger partial charge in [0.15, 0.2) is 0 Å². The van der Waals surface area contributed by atoms with Crippen molar-refractivity contribution in [1.29, 1.82) is 0 Å². The van der Waals surface area contributed by atoms with Crippen LogP contribution in [0.2, 0.25) is 0 Å². The zero-order valence-corrected chi connectivity index (χ0v) is 13.8. The highest BCUT2D eigenvalue weighted by Gasteiger charge is 2.29. The number of aryl methyl sites for hydroxylation is 2. The van der Waals surface area contributed by atoms with Gasteiger partial charge in [0.2, 0.25) is 11.8 Å². The minimum absolute atomic E-state index is 0.531. The molecule has 1 saturated carbocycles. The Balaban J connectivity index is 1.28. The van der Waals surface area contributed by atoms with Gasteiger partial charge in [0.25, 0.3) is 0 Å². The molecule has 0 spiro atoms. The summed E-state index contributed by atoms with van der Waals surface area (Å²) in [4.78, 5) is 4.83. The molecule has 0 N–H and O–H groups in total. The lowest BCUT2D eigenvalue weighted by Gasteiger charge is -2.33. The van der Waals surface area contributed by atoms with E-state index < -0.39 is 0 Å². The van der Waals surface area contributed by atoms with Crippen LogP contribution >= 0.6 is 0 Å². The summed E-state index contributed by atoms with van der Waals surface area (Å²) < 4.78 is 11.0. The van der Waals surface area contributed by atoms with Crippen LogP contribution in [0.4, 0.5) is 0 Å². The molecule has 2 aromatic rings. The predicted molar refractivity (Wildman–Crippen MR) is 82.8 cm³/mol. The molecule has 124 valence electrons. The predicted octanol–water partition coefficient (Wildman–Crippen LogP) is 1.87. The summed E-state index contributed by atoms with van der Waals surface area (Å²) in [6, 6.07) is 0. The van der Waals surface area contributed by atoms with Gasteiger partial charge in [-0.3, -0.25) is 9.80 Å². The molecular weight excluding hydrogens is 294 g/mol. The van der Waals surface area contributed by atoms with E-state index in [0.717, 1.165) is 62.5 Å². The first-order valence-corrected chi connectivity index (χ1v) is 8.38. The molecule has 4 rings (SSSR count). The summed E-state index contributed by atoms with van der Waals surface area (Å²) in [7, 11) is 0. The summed E-state index contributed by atoms with van der Waals surface area (Å²) >= 11 is 0. The molecule has 2 aliphatic rings. The molecular formula is C16H23N5O2. The Morgan fingerprint density at radius 2 is 1.70 bits per heavy atom. The topological polar surface area (TPSA) is 71.4 Å². The van der Waals surface area contributed by atoms with Gasteiger partial charge in [-0.05, 0) is 26.7 Å². The molecule has 0 aromatic carbocycles. The van der Waals surface area contributed by atoms with Gasteiger partial charge in [0.1, 0.15) is 5.76 Å². The van der Waals surface area contributed by atoms with Crippen molar-refractivity contribution in [3.63, 3.8) is 0 Å². The fourth-order valence-electron chi connectivity index (χ4n) is 3.07. The Labute approximate surface area is 135 Å². The van der Waals surface area contributed by atoms with Gasteiger partial charge in [-0.1, -0.05) is 5.16 Å². The Kier molecular flexibility index (Phi) is 3.90. The van der Waals surface area contributed by atoms with Crippen LogP contribution in [0.5, 0.6) is 0 Å². The Morgan fingerprint density at radius 3 is 2.30 bits per heavy atom. The minimum Gasteiger partial charge on any atom is -0.424 e. The summed E-state index contributed by atoms with van der Waals surface area (Å²) in [5.74, 6) is 3.05. The molecule has 1 saturated heterocycles. The molecule has 23 heavy (non-hydrogen) atoms. The molecule has 7 heteroatoms. The Bertz CT molecular complexity index is 648. The molecule has 0 radical (unpaired) electrons. The van der Waals surface area contributed by atoms with Gasteiger partial charge in [-0.25, -0.2) is 0 Å². The Morgan fingerprint density at radius 1 is 1.00 bits per heavy atom. The molecule has 0 amide bonds. The summed E-state index contributed by atoms with van der Waals surface area (Å²) in [5.41, 5.74) is 2.23. The van der Waals surface area contributed by atoms with Crippen LogP contribution in [0.1, 0.15) is 47.6 Å². The van der Waals surface area contributed by atoms with Crippen LogP contribution in [0.15, 0.2) is 8.94 Å². The maximum absolute atomic E-state index is 5.76. The first kappa shape index (κ1) is 14.8. The molecule has 2 aromatic heterocycles. The fourth-order valence-corrected chi connectivity index (χ4v) is 3.07. The van der Waals surface area contributed by atoms with Crippen molar-refractivity contribution in [2.45, 2.75) is 45.7 Å². The molecule has 7 nitrogen and oxygen atoms in total. The number of nitrogens with zero attached hydrogens (tertiary/aromatic N) is 5. The van der Waals surface area contributed by atoms with Gasteiger partial charge >= 0.3 is 0 Å². The summed E-state index contributed by atoms with van der Waals surface area (Å²) in [5, 5.41) is 12.4. The highest BCUT2D eigenvalue weighted by Crippen LogP contribution is 2.39. The molecule has 0 bridgehead atoms. The molecule has 3 heterocycles. The molecule has 1 aliphatic heterocycles. The van der Waals surface area contributed by atoms with Crippen molar-refractivity contribution in [1.82, 2.24) is 25.2 Å². The van der Waals surface area contributed by atoms with E-state index in [-0.39, 0.29) is 0 Å². The maximum Gasteiger partial charge on any atom is 0.230 e. The van der Waals surface area contributed by atoms with Crippen LogP contribution in [-0.2, 0) is 13.1 Å². The molecule has 0 atom stereocenters. The van der Waals surface area contributed by atoms with E-state index >= 15 is 0 Å². The number of rotatable bonds is 5. The van der Waals surface area contributed by atoms with E-state index in [1.165, 1.54) is 18.4 Å². The third-order valence-electron chi connectivity index (χ3n) is 4.80. The van der Waals surface area contributed by atoms with Crippen molar-refractivity contribution in [2.75, 3.05) is 26.2 Å². The van der Waals surface area contributed by atoms with E-state index in [2.05, 4.69) is 25.2 Å². The average molecular weight is 317 g/mol. The number of aromatic nitrogens is 3. The SMILES string of the molecule is Cc1noc(C)c1CN1CCN(Cc2nnc(C3CC3)o2)CC1. The quantitative estimate of drug-likeness (QED) is 0.833. The third kappa shape index (κ3) is 3.30. The van der Waals surface area contributed by atoms with Gasteiger partial charge in [0.05, 0.1) is 12.2 Å². The van der Waals surface area contributed by atoms with Crippen LogP contribution in [0.3, 0.4) is 0 Å². The lowest BCUT2D eigenvalue weighted by atomic mass is 10.2. The minimum atomic E-state index is 0.531. The van der Waals surface area contributed by atoms with Crippen molar-refractivity contribution >= 4 is 0 Å². The molecule has 1 aliphatic carbocycles. The molecule has 0 unspecified atom stereocenters. The van der Waals surface area contributed by atoms with Crippen LogP contribution < -0.4 is 0 Å². The van der Waals surface area contributed by atoms with Crippen LogP contribution in [0.25, 0.3) is 0 Å². The van der Waals surface area contributed by atoms with Crippen molar-refractivity contribution < 1.29 is 8.94 Å². The third-order valence-corrected chi connectivity index (χ3v) is 4.80. The second-order valence-electron chi connectivity index (χ2n) is 6.66. The first-order valence-electron chi connectivity index (χ1n) is 8.38. The van der Waals surface area contributed by atoms with Crippen molar-refractivity contribution in [2.24, 2.45) is 0 Å². The standard InChI is InChI=1S/C16H23N5O2/c1-11-14(12(2)23-19-11)9-20-5-7-21(8-6-20)10-15-17-18-16(22-15)13-3-4-13/h13H,3-10H2,1-2H3. The largest absolute Gasteiger partial charge is 0.424 e. The first-order chi connectivity index (χ1) is 11.2. The van der Waals surface area contributed by atoms with Crippen LogP contribution in [-0.4, -0.2) is 51.3 Å². The monoisotopic (exact) mass is 317 g/mol. The number of piperazine rings is 1. The van der Waals surface area contributed by atoms with Crippen molar-refractivity contribution in [3.8, 4) is 0 Å². The van der Waals surface area contributed by atoms with E-state index in [9.17, 15) is 0 Å². The van der Waals surface area contributed by atoms with Gasteiger partial charge < -0.3 is 8.94 Å². The highest BCUT2D eigenvalue weighted by molar-refractivity contribution is 5.20. The van der Waals surface area contributed by atoms with E-state index in [4.69, 9.17) is 8.94 Å². The smallest absolute Gasteiger partial charge is 0.230 e. The van der Waals surface area contributed by atoms with Gasteiger partial charge in [-0.15, -0.1) is 10.2 Å². The lowest BCUT2D eigenvalue weighted by molar-refractivity contribution is 0.113. The van der Waals surface area contributed by atoms with E-state index in [1.807, 2.05) is 13.8 Å². The lowest BCUT2D eigenvalue weighted by Crippen LogP contribution is -2.45. The number of hydrogen-bond donors (Lipinski definition) is 0. The second-order valence-corrected chi connectivity index (χ2v) is 6.66. The normalized spacial score (nSPS) is 20.3. The molecule has 2 fully saturated rings. The average Bonchev–Trinajstić information content (AvgIpc) is 3.23. The van der Waals surface area contributed by atoms with E-state index in [0.29, 0.717) is 5.92 Å². The fraction of sp³-hybridized carbons (Fsp3) is 0.688. The summed E-state index contributed by atoms with van der Waals surface area (Å²) in [6.07, 6.45) is 2.39. The Hall–Kier alpha value is -1.73. The zero-order valence-electron chi connectivity index (χ0n) is 13.8. The maximum atomic E-state index is 5.76. The van der Waals surface area contributed by atoms with E-state index in [1.54, 1.807) is 0 Å². The van der Waals surface area contributed by atoms with Crippen LogP contribution in [0, 0.1) is 13.8 Å².